The smallest absolute Gasteiger partial charge is 0.177 e. The molecule has 2 aromatic carbocycles. The molecule has 0 amide bonds. The fourth-order valence-electron chi connectivity index (χ4n) is 2.18. The van der Waals surface area contributed by atoms with E-state index in [0.29, 0.717) is 11.3 Å². The van der Waals surface area contributed by atoms with E-state index in [9.17, 15) is 4.39 Å². The quantitative estimate of drug-likeness (QED) is 0.747. The van der Waals surface area contributed by atoms with E-state index in [1.807, 2.05) is 31.2 Å². The summed E-state index contributed by atoms with van der Waals surface area (Å²) in [5, 5.41) is 4.01. The van der Waals surface area contributed by atoms with Crippen molar-refractivity contribution in [2.75, 3.05) is 5.73 Å². The number of hydrogen-bond donors (Lipinski definition) is 1. The topological polar surface area (TPSA) is 52.0 Å². The highest BCUT2D eigenvalue weighted by Gasteiger charge is 2.22. The molecule has 0 spiro atoms. The second-order valence-corrected chi connectivity index (χ2v) is 5.14. The molecule has 0 saturated heterocycles. The first-order valence-corrected chi connectivity index (χ1v) is 6.72. The Morgan fingerprint density at radius 2 is 1.81 bits per heavy atom. The molecule has 0 bridgehead atoms. The Morgan fingerprint density at radius 3 is 2.48 bits per heavy atom. The summed E-state index contributed by atoms with van der Waals surface area (Å²) in [4.78, 5) is 0. The molecule has 5 heteroatoms. The van der Waals surface area contributed by atoms with Crippen LogP contribution >= 0.6 is 11.6 Å². The molecule has 0 atom stereocenters. The molecule has 3 rings (SSSR count). The van der Waals surface area contributed by atoms with Crippen LogP contribution in [-0.4, -0.2) is 5.16 Å². The van der Waals surface area contributed by atoms with Crippen molar-refractivity contribution in [2.24, 2.45) is 0 Å². The molecule has 0 aliphatic rings. The lowest BCUT2D eigenvalue weighted by molar-refractivity contribution is 0.436. The first kappa shape index (κ1) is 13.6. The van der Waals surface area contributed by atoms with Crippen molar-refractivity contribution in [1.82, 2.24) is 5.16 Å². The number of anilines is 1. The van der Waals surface area contributed by atoms with Gasteiger partial charge in [-0.05, 0) is 19.1 Å². The van der Waals surface area contributed by atoms with Crippen molar-refractivity contribution in [3.8, 4) is 22.5 Å². The van der Waals surface area contributed by atoms with Crippen LogP contribution in [0, 0.1) is 12.7 Å². The lowest BCUT2D eigenvalue weighted by Crippen LogP contribution is -1.92. The molecule has 0 aliphatic carbocycles. The van der Waals surface area contributed by atoms with Crippen molar-refractivity contribution in [3.05, 3.63) is 58.9 Å². The van der Waals surface area contributed by atoms with Crippen LogP contribution in [0.2, 0.25) is 5.02 Å². The van der Waals surface area contributed by atoms with Gasteiger partial charge in [-0.25, -0.2) is 4.39 Å². The van der Waals surface area contributed by atoms with E-state index in [4.69, 9.17) is 21.9 Å². The fourth-order valence-corrected chi connectivity index (χ4v) is 2.44. The molecule has 0 aliphatic heterocycles. The van der Waals surface area contributed by atoms with E-state index in [2.05, 4.69) is 5.16 Å². The first-order chi connectivity index (χ1) is 10.1. The van der Waals surface area contributed by atoms with Gasteiger partial charge in [0.05, 0.1) is 10.6 Å². The van der Waals surface area contributed by atoms with E-state index in [0.717, 1.165) is 11.1 Å². The van der Waals surface area contributed by atoms with Gasteiger partial charge in [-0.15, -0.1) is 0 Å². The summed E-state index contributed by atoms with van der Waals surface area (Å²) in [6.07, 6.45) is 0. The zero-order chi connectivity index (χ0) is 15.0. The van der Waals surface area contributed by atoms with Crippen molar-refractivity contribution < 1.29 is 8.91 Å². The minimum atomic E-state index is -0.467. The van der Waals surface area contributed by atoms with Gasteiger partial charge >= 0.3 is 0 Å². The molecule has 21 heavy (non-hydrogen) atoms. The zero-order valence-corrected chi connectivity index (χ0v) is 12.0. The Balaban J connectivity index is 2.25. The zero-order valence-electron chi connectivity index (χ0n) is 11.2. The summed E-state index contributed by atoms with van der Waals surface area (Å²) in [6.45, 7) is 1.98. The van der Waals surface area contributed by atoms with Crippen LogP contribution < -0.4 is 5.73 Å². The van der Waals surface area contributed by atoms with Crippen LogP contribution in [-0.2, 0) is 0 Å². The van der Waals surface area contributed by atoms with E-state index in [1.165, 1.54) is 12.1 Å². The second kappa shape index (κ2) is 5.22. The fraction of sp³-hybridized carbons (Fsp3) is 0.0625. The van der Waals surface area contributed by atoms with Gasteiger partial charge in [0.25, 0.3) is 0 Å². The highest BCUT2D eigenvalue weighted by atomic mass is 35.5. The average Bonchev–Trinajstić information content (AvgIpc) is 2.82. The maximum atomic E-state index is 14.1. The molecule has 0 fully saturated rings. The van der Waals surface area contributed by atoms with Gasteiger partial charge in [0.2, 0.25) is 0 Å². The van der Waals surface area contributed by atoms with E-state index >= 15 is 0 Å². The van der Waals surface area contributed by atoms with Crippen LogP contribution in [0.25, 0.3) is 22.5 Å². The number of aryl methyl sites for hydroxylation is 1. The Hall–Kier alpha value is -2.33. The number of nitrogens with two attached hydrogens (primary N) is 1. The Labute approximate surface area is 126 Å². The van der Waals surface area contributed by atoms with Crippen molar-refractivity contribution in [1.29, 1.82) is 0 Å². The van der Waals surface area contributed by atoms with Crippen molar-refractivity contribution in [2.45, 2.75) is 6.92 Å². The largest absolute Gasteiger partial charge is 0.380 e. The van der Waals surface area contributed by atoms with Crippen LogP contribution in [0.15, 0.2) is 47.0 Å². The molecular weight excluding hydrogens is 291 g/mol. The normalized spacial score (nSPS) is 10.8. The van der Waals surface area contributed by atoms with Gasteiger partial charge in [-0.3, -0.25) is 0 Å². The third kappa shape index (κ3) is 2.38. The Bertz CT molecular complexity index is 776. The van der Waals surface area contributed by atoms with E-state index < -0.39 is 5.82 Å². The highest BCUT2D eigenvalue weighted by molar-refractivity contribution is 6.33. The molecule has 2 N–H and O–H groups in total. The van der Waals surface area contributed by atoms with E-state index in [1.54, 1.807) is 6.07 Å². The van der Waals surface area contributed by atoms with Gasteiger partial charge < -0.3 is 10.3 Å². The van der Waals surface area contributed by atoms with Gasteiger partial charge in [0.1, 0.15) is 5.82 Å². The van der Waals surface area contributed by atoms with Crippen LogP contribution in [0.1, 0.15) is 5.56 Å². The molecule has 1 heterocycles. The van der Waals surface area contributed by atoms with Crippen molar-refractivity contribution in [3.63, 3.8) is 0 Å². The predicted octanol–water partition coefficient (Wildman–Crippen LogP) is 4.69. The summed E-state index contributed by atoms with van der Waals surface area (Å²) in [6, 6.07) is 12.1. The predicted molar refractivity (Wildman–Crippen MR) is 81.5 cm³/mol. The Morgan fingerprint density at radius 1 is 1.10 bits per heavy atom. The van der Waals surface area contributed by atoms with Crippen LogP contribution in [0.4, 0.5) is 10.2 Å². The number of halogens is 2. The summed E-state index contributed by atoms with van der Waals surface area (Å²) < 4.78 is 19.4. The summed E-state index contributed by atoms with van der Waals surface area (Å²) in [7, 11) is 0. The molecule has 0 radical (unpaired) electrons. The van der Waals surface area contributed by atoms with Crippen molar-refractivity contribution >= 4 is 17.4 Å². The molecule has 1 aromatic heterocycles. The van der Waals surface area contributed by atoms with Crippen LogP contribution in [0.5, 0.6) is 0 Å². The molecule has 0 unspecified atom stereocenters. The number of rotatable bonds is 2. The number of nitrogen functional groups attached to an aromatic ring is 1. The SMILES string of the molecule is Cc1ccc(-c2onc(N)c2-c2c(F)cccc2Cl)cc1. The highest BCUT2D eigenvalue weighted by Crippen LogP contribution is 2.41. The third-order valence-corrected chi connectivity index (χ3v) is 3.56. The van der Waals surface area contributed by atoms with Gasteiger partial charge in [0.15, 0.2) is 11.6 Å². The molecular formula is C16H12ClFN2O. The monoisotopic (exact) mass is 302 g/mol. The second-order valence-electron chi connectivity index (χ2n) is 4.73. The average molecular weight is 303 g/mol. The Kier molecular flexibility index (Phi) is 3.39. The molecule has 3 nitrogen and oxygen atoms in total. The molecule has 106 valence electrons. The number of aromatic nitrogens is 1. The standard InChI is InChI=1S/C16H12ClFN2O/c1-9-5-7-10(8-6-9)15-14(16(19)20-21-15)13-11(17)3-2-4-12(13)18/h2-8H,1H3,(H2,19,20). The van der Waals surface area contributed by atoms with Gasteiger partial charge in [-0.2, -0.15) is 0 Å². The number of benzene rings is 2. The molecule has 0 saturated carbocycles. The lowest BCUT2D eigenvalue weighted by atomic mass is 10.0. The van der Waals surface area contributed by atoms with Gasteiger partial charge in [-0.1, -0.05) is 52.7 Å². The van der Waals surface area contributed by atoms with E-state index in [-0.39, 0.29) is 16.4 Å². The lowest BCUT2D eigenvalue weighted by Gasteiger charge is -2.06. The third-order valence-electron chi connectivity index (χ3n) is 3.24. The summed E-state index contributed by atoms with van der Waals surface area (Å²) in [5.41, 5.74) is 8.30. The first-order valence-electron chi connectivity index (χ1n) is 6.34. The summed E-state index contributed by atoms with van der Waals surface area (Å²) in [5.74, 6) is 0.0443. The minimum Gasteiger partial charge on any atom is -0.380 e. The van der Waals surface area contributed by atoms with Gasteiger partial charge in [0, 0.05) is 11.1 Å². The number of hydrogen-bond acceptors (Lipinski definition) is 3. The maximum Gasteiger partial charge on any atom is 0.177 e. The summed E-state index contributed by atoms with van der Waals surface area (Å²) >= 11 is 6.11. The number of nitrogens with zero attached hydrogens (tertiary/aromatic N) is 1. The minimum absolute atomic E-state index is 0.109. The molecule has 3 aromatic rings. The maximum absolute atomic E-state index is 14.1. The van der Waals surface area contributed by atoms with Crippen LogP contribution in [0.3, 0.4) is 0 Å².